The van der Waals surface area contributed by atoms with Gasteiger partial charge >= 0.3 is 6.18 Å². The van der Waals surface area contributed by atoms with E-state index in [2.05, 4.69) is 10.0 Å². The van der Waals surface area contributed by atoms with Crippen LogP contribution < -0.4 is 10.0 Å². The van der Waals surface area contributed by atoms with E-state index in [1.54, 1.807) is 0 Å². The minimum absolute atomic E-state index is 0. The molecule has 0 fully saturated rings. The Labute approximate surface area is 132 Å². The molecule has 0 bridgehead atoms. The summed E-state index contributed by atoms with van der Waals surface area (Å²) < 4.78 is 64.4. The van der Waals surface area contributed by atoms with Crippen LogP contribution in [-0.2, 0) is 16.2 Å². The third-order valence-electron chi connectivity index (χ3n) is 2.38. The van der Waals surface area contributed by atoms with E-state index >= 15 is 0 Å². The van der Waals surface area contributed by atoms with Crippen LogP contribution in [0.1, 0.15) is 12.5 Å². The summed E-state index contributed by atoms with van der Waals surface area (Å²) >= 11 is 5.49. The van der Waals surface area contributed by atoms with Crippen molar-refractivity contribution in [3.05, 3.63) is 28.8 Å². The maximum Gasteiger partial charge on any atom is 0.417 e. The van der Waals surface area contributed by atoms with Crippen LogP contribution in [0.2, 0.25) is 5.02 Å². The highest BCUT2D eigenvalue weighted by atomic mass is 35.5. The van der Waals surface area contributed by atoms with Gasteiger partial charge < -0.3 is 5.32 Å². The van der Waals surface area contributed by atoms with Gasteiger partial charge in [-0.05, 0) is 24.7 Å². The number of likely N-dealkylation sites (N-methyl/N-ethyl adjacent to an activating group) is 1. The first-order valence-corrected chi connectivity index (χ1v) is 7.61. The second-order valence-corrected chi connectivity index (χ2v) is 6.06. The third kappa shape index (κ3) is 5.99. The normalized spacial score (nSPS) is 12.0. The van der Waals surface area contributed by atoms with Crippen LogP contribution in [0.15, 0.2) is 23.1 Å². The molecular formula is C11H15Cl2F3N2O2S. The summed E-state index contributed by atoms with van der Waals surface area (Å²) in [6, 6.07) is 2.55. The van der Waals surface area contributed by atoms with Gasteiger partial charge in [0.25, 0.3) is 0 Å². The van der Waals surface area contributed by atoms with Crippen LogP contribution in [0.25, 0.3) is 0 Å². The van der Waals surface area contributed by atoms with Crippen LogP contribution in [-0.4, -0.2) is 28.1 Å². The minimum Gasteiger partial charge on any atom is -0.316 e. The lowest BCUT2D eigenvalue weighted by molar-refractivity contribution is -0.139. The fourth-order valence-electron chi connectivity index (χ4n) is 1.49. The van der Waals surface area contributed by atoms with E-state index < -0.39 is 26.7 Å². The van der Waals surface area contributed by atoms with Crippen molar-refractivity contribution in [2.24, 2.45) is 0 Å². The summed E-state index contributed by atoms with van der Waals surface area (Å²) in [5.41, 5.74) is -1.28. The van der Waals surface area contributed by atoms with Crippen molar-refractivity contribution in [1.29, 1.82) is 0 Å². The SMILES string of the molecule is CCNCCNS(=O)(=O)c1ccc(Cl)cc1C(F)(F)F.Cl. The van der Waals surface area contributed by atoms with Gasteiger partial charge in [0.05, 0.1) is 10.5 Å². The Balaban J connectivity index is 0.00000400. The summed E-state index contributed by atoms with van der Waals surface area (Å²) in [6.07, 6.45) is -4.79. The maximum atomic E-state index is 12.8. The molecule has 1 aromatic carbocycles. The third-order valence-corrected chi connectivity index (χ3v) is 4.13. The van der Waals surface area contributed by atoms with Crippen molar-refractivity contribution < 1.29 is 21.6 Å². The van der Waals surface area contributed by atoms with Crippen LogP contribution in [0.3, 0.4) is 0 Å². The number of alkyl halides is 3. The van der Waals surface area contributed by atoms with Crippen molar-refractivity contribution in [3.63, 3.8) is 0 Å². The molecular weight excluding hydrogens is 352 g/mol. The first-order valence-electron chi connectivity index (χ1n) is 5.75. The van der Waals surface area contributed by atoms with Gasteiger partial charge in [0.2, 0.25) is 10.0 Å². The average molecular weight is 367 g/mol. The Bertz CT molecular complexity index is 565. The number of rotatable bonds is 6. The fraction of sp³-hybridized carbons (Fsp3) is 0.455. The van der Waals surface area contributed by atoms with Crippen LogP contribution in [0, 0.1) is 0 Å². The molecule has 0 atom stereocenters. The molecule has 0 spiro atoms. The number of sulfonamides is 1. The molecule has 2 N–H and O–H groups in total. The molecule has 0 aliphatic carbocycles. The van der Waals surface area contributed by atoms with Gasteiger partial charge in [-0.25, -0.2) is 13.1 Å². The molecule has 0 aliphatic rings. The van der Waals surface area contributed by atoms with Gasteiger partial charge in [-0.15, -0.1) is 12.4 Å². The number of hydrogen-bond donors (Lipinski definition) is 2. The summed E-state index contributed by atoms with van der Waals surface area (Å²) in [6.45, 7) is 2.78. The molecule has 0 heterocycles. The van der Waals surface area contributed by atoms with E-state index in [0.717, 1.165) is 12.1 Å². The molecule has 0 saturated carbocycles. The average Bonchev–Trinajstić information content (AvgIpc) is 2.33. The molecule has 0 amide bonds. The minimum atomic E-state index is -4.79. The molecule has 4 nitrogen and oxygen atoms in total. The van der Waals surface area contributed by atoms with Crippen molar-refractivity contribution in [2.75, 3.05) is 19.6 Å². The predicted octanol–water partition coefficient (Wildman–Crippen LogP) is 2.67. The van der Waals surface area contributed by atoms with E-state index in [1.807, 2.05) is 6.92 Å². The lowest BCUT2D eigenvalue weighted by atomic mass is 10.2. The molecule has 122 valence electrons. The predicted molar refractivity (Wildman–Crippen MR) is 77.4 cm³/mol. The molecule has 10 heteroatoms. The van der Waals surface area contributed by atoms with E-state index in [4.69, 9.17) is 11.6 Å². The van der Waals surface area contributed by atoms with Gasteiger partial charge in [0.15, 0.2) is 0 Å². The van der Waals surface area contributed by atoms with E-state index in [0.29, 0.717) is 19.2 Å². The van der Waals surface area contributed by atoms with Gasteiger partial charge in [-0.1, -0.05) is 18.5 Å². The first-order chi connectivity index (χ1) is 9.18. The van der Waals surface area contributed by atoms with Gasteiger partial charge in [-0.3, -0.25) is 0 Å². The standard InChI is InChI=1S/C11H14ClF3N2O2S.ClH/c1-2-16-5-6-17-20(18,19)10-4-3-8(12)7-9(10)11(13,14)15;/h3-4,7,16-17H,2,5-6H2,1H3;1H. The highest BCUT2D eigenvalue weighted by molar-refractivity contribution is 7.89. The number of nitrogens with one attached hydrogen (secondary N) is 2. The molecule has 1 rings (SSSR count). The van der Waals surface area contributed by atoms with Crippen LogP contribution in [0.4, 0.5) is 13.2 Å². The molecule has 21 heavy (non-hydrogen) atoms. The molecule has 0 radical (unpaired) electrons. The van der Waals surface area contributed by atoms with Gasteiger partial charge in [0.1, 0.15) is 0 Å². The zero-order valence-electron chi connectivity index (χ0n) is 11.0. The Morgan fingerprint density at radius 3 is 2.38 bits per heavy atom. The lowest BCUT2D eigenvalue weighted by Crippen LogP contribution is -2.32. The highest BCUT2D eigenvalue weighted by Crippen LogP contribution is 2.35. The van der Waals surface area contributed by atoms with Crippen LogP contribution >= 0.6 is 24.0 Å². The van der Waals surface area contributed by atoms with Crippen LogP contribution in [0.5, 0.6) is 0 Å². The molecule has 0 saturated heterocycles. The topological polar surface area (TPSA) is 58.2 Å². The molecule has 1 aromatic rings. The van der Waals surface area contributed by atoms with Gasteiger partial charge in [-0.2, -0.15) is 13.2 Å². The smallest absolute Gasteiger partial charge is 0.316 e. The van der Waals surface area contributed by atoms with Gasteiger partial charge in [0, 0.05) is 18.1 Å². The Kier molecular flexibility index (Phi) is 7.98. The van der Waals surface area contributed by atoms with E-state index in [-0.39, 0.29) is 24.0 Å². The summed E-state index contributed by atoms with van der Waals surface area (Å²) in [5, 5.41) is 2.68. The Morgan fingerprint density at radius 2 is 1.86 bits per heavy atom. The lowest BCUT2D eigenvalue weighted by Gasteiger charge is -2.14. The van der Waals surface area contributed by atoms with E-state index in [9.17, 15) is 21.6 Å². The Hall–Kier alpha value is -0.540. The molecule has 0 aliphatic heterocycles. The molecule has 0 aromatic heterocycles. The van der Waals surface area contributed by atoms with E-state index in [1.165, 1.54) is 0 Å². The number of halogens is 5. The summed E-state index contributed by atoms with van der Waals surface area (Å²) in [7, 11) is -4.24. The number of benzene rings is 1. The van der Waals surface area contributed by atoms with Crippen molar-refractivity contribution >= 4 is 34.0 Å². The fourth-order valence-corrected chi connectivity index (χ4v) is 2.90. The second kappa shape index (κ2) is 8.19. The second-order valence-electron chi connectivity index (χ2n) is 3.89. The quantitative estimate of drug-likeness (QED) is 0.761. The largest absolute Gasteiger partial charge is 0.417 e. The van der Waals surface area contributed by atoms with Crippen molar-refractivity contribution in [2.45, 2.75) is 18.0 Å². The first kappa shape index (κ1) is 20.5. The maximum absolute atomic E-state index is 12.8. The monoisotopic (exact) mass is 366 g/mol. The zero-order valence-corrected chi connectivity index (χ0v) is 13.4. The summed E-state index contributed by atoms with van der Waals surface area (Å²) in [5.74, 6) is 0. The van der Waals surface area contributed by atoms with Crippen molar-refractivity contribution in [1.82, 2.24) is 10.0 Å². The summed E-state index contributed by atoms with van der Waals surface area (Å²) in [4.78, 5) is -0.828. The van der Waals surface area contributed by atoms with Crippen molar-refractivity contribution in [3.8, 4) is 0 Å². The highest BCUT2D eigenvalue weighted by Gasteiger charge is 2.37. The molecule has 0 unspecified atom stereocenters. The Morgan fingerprint density at radius 1 is 1.24 bits per heavy atom. The zero-order chi connectivity index (χ0) is 15.4. The number of hydrogen-bond acceptors (Lipinski definition) is 3.